The van der Waals surface area contributed by atoms with E-state index < -0.39 is 0 Å². The lowest BCUT2D eigenvalue weighted by Crippen LogP contribution is -2.23. The Bertz CT molecular complexity index is 221. The molecule has 2 nitrogen and oxygen atoms in total. The third-order valence-corrected chi connectivity index (χ3v) is 3.25. The van der Waals surface area contributed by atoms with Crippen LogP contribution in [0, 0.1) is 5.92 Å². The van der Waals surface area contributed by atoms with Gasteiger partial charge in [-0.3, -0.25) is 9.59 Å². The Kier molecular flexibility index (Phi) is 10.1. The van der Waals surface area contributed by atoms with Crippen LogP contribution < -0.4 is 0 Å². The van der Waals surface area contributed by atoms with Crippen molar-refractivity contribution in [2.75, 3.05) is 0 Å². The van der Waals surface area contributed by atoms with Crippen molar-refractivity contribution in [3.63, 3.8) is 0 Å². The zero-order valence-electron chi connectivity index (χ0n) is 11.8. The van der Waals surface area contributed by atoms with E-state index in [0.717, 1.165) is 44.9 Å². The number of unbranched alkanes of at least 4 members (excludes halogenated alkanes) is 4. The summed E-state index contributed by atoms with van der Waals surface area (Å²) in [5, 5.41) is 0. The van der Waals surface area contributed by atoms with Crippen LogP contribution in [0.5, 0.6) is 0 Å². The van der Waals surface area contributed by atoms with Gasteiger partial charge in [-0.25, -0.2) is 0 Å². The quantitative estimate of drug-likeness (QED) is 0.398. The number of hydrogen-bond acceptors (Lipinski definition) is 2. The van der Waals surface area contributed by atoms with E-state index in [2.05, 4.69) is 13.8 Å². The molecule has 2 heteroatoms. The number of ketones is 2. The molecule has 0 aliphatic heterocycles. The van der Waals surface area contributed by atoms with Crippen LogP contribution in [0.1, 0.15) is 78.6 Å². The van der Waals surface area contributed by atoms with Gasteiger partial charge in [0, 0.05) is 12.8 Å². The van der Waals surface area contributed by atoms with Gasteiger partial charge in [-0.15, -0.1) is 0 Å². The predicted molar refractivity (Wildman–Crippen MR) is 72.1 cm³/mol. The van der Waals surface area contributed by atoms with Crippen LogP contribution in [0.15, 0.2) is 0 Å². The summed E-state index contributed by atoms with van der Waals surface area (Å²) in [5.74, 6) is 0.0208. The molecule has 0 radical (unpaired) electrons. The molecule has 0 bridgehead atoms. The van der Waals surface area contributed by atoms with Gasteiger partial charge in [0.2, 0.25) is 0 Å². The molecule has 0 aromatic carbocycles. The molecular weight excluding hydrogens is 212 g/mol. The highest BCUT2D eigenvalue weighted by molar-refractivity contribution is 6.02. The molecule has 0 aliphatic rings. The highest BCUT2D eigenvalue weighted by atomic mass is 16.1. The standard InChI is InChI=1S/C15H28O2/c1-4-7-9-11-13(14(16)6-3)15(17)12-10-8-5-2/h13H,4-12H2,1-3H3. The smallest absolute Gasteiger partial charge is 0.143 e. The highest BCUT2D eigenvalue weighted by Crippen LogP contribution is 2.17. The van der Waals surface area contributed by atoms with E-state index in [1.165, 1.54) is 0 Å². The van der Waals surface area contributed by atoms with E-state index in [1.807, 2.05) is 6.92 Å². The van der Waals surface area contributed by atoms with Crippen molar-refractivity contribution in [3.05, 3.63) is 0 Å². The molecule has 0 heterocycles. The fraction of sp³-hybridized carbons (Fsp3) is 0.867. The minimum Gasteiger partial charge on any atom is -0.299 e. The summed E-state index contributed by atoms with van der Waals surface area (Å²) in [6, 6.07) is 0. The van der Waals surface area contributed by atoms with Crippen LogP contribution >= 0.6 is 0 Å². The maximum atomic E-state index is 12.0. The second kappa shape index (κ2) is 10.5. The Hall–Kier alpha value is -0.660. The van der Waals surface area contributed by atoms with E-state index in [4.69, 9.17) is 0 Å². The van der Waals surface area contributed by atoms with Gasteiger partial charge < -0.3 is 0 Å². The van der Waals surface area contributed by atoms with Crippen molar-refractivity contribution < 1.29 is 9.59 Å². The Labute approximate surface area is 106 Å². The van der Waals surface area contributed by atoms with Crippen LogP contribution in [0.25, 0.3) is 0 Å². The van der Waals surface area contributed by atoms with Gasteiger partial charge in [0.1, 0.15) is 11.6 Å². The molecule has 0 amide bonds. The van der Waals surface area contributed by atoms with Crippen molar-refractivity contribution in [1.82, 2.24) is 0 Å². The van der Waals surface area contributed by atoms with Gasteiger partial charge in [0.25, 0.3) is 0 Å². The first-order valence-corrected chi connectivity index (χ1v) is 7.22. The number of hydrogen-bond donors (Lipinski definition) is 0. The summed E-state index contributed by atoms with van der Waals surface area (Å²) in [5.41, 5.74) is 0. The van der Waals surface area contributed by atoms with Crippen LogP contribution in [0.4, 0.5) is 0 Å². The van der Waals surface area contributed by atoms with Gasteiger partial charge in [-0.05, 0) is 12.8 Å². The van der Waals surface area contributed by atoms with Gasteiger partial charge >= 0.3 is 0 Å². The van der Waals surface area contributed by atoms with Crippen molar-refractivity contribution in [3.8, 4) is 0 Å². The monoisotopic (exact) mass is 240 g/mol. The van der Waals surface area contributed by atoms with Gasteiger partial charge in [0.15, 0.2) is 0 Å². The van der Waals surface area contributed by atoms with Crippen molar-refractivity contribution in [2.45, 2.75) is 78.6 Å². The molecule has 1 unspecified atom stereocenters. The van der Waals surface area contributed by atoms with Crippen LogP contribution in [-0.4, -0.2) is 11.6 Å². The van der Waals surface area contributed by atoms with E-state index >= 15 is 0 Å². The van der Waals surface area contributed by atoms with Crippen molar-refractivity contribution in [2.24, 2.45) is 5.92 Å². The van der Waals surface area contributed by atoms with Crippen molar-refractivity contribution >= 4 is 11.6 Å². The average Bonchev–Trinajstić information content (AvgIpc) is 2.34. The molecule has 0 aliphatic carbocycles. The lowest BCUT2D eigenvalue weighted by Gasteiger charge is -2.13. The zero-order chi connectivity index (χ0) is 13.1. The predicted octanol–water partition coefficient (Wildman–Crippen LogP) is 4.31. The molecule has 0 aromatic heterocycles. The first-order chi connectivity index (χ1) is 8.17. The Morgan fingerprint density at radius 1 is 0.824 bits per heavy atom. The molecule has 0 rings (SSSR count). The normalized spacial score (nSPS) is 12.4. The molecule has 1 atom stereocenters. The molecule has 0 saturated carbocycles. The summed E-state index contributed by atoms with van der Waals surface area (Å²) < 4.78 is 0. The maximum Gasteiger partial charge on any atom is 0.143 e. The zero-order valence-corrected chi connectivity index (χ0v) is 11.8. The minimum absolute atomic E-state index is 0.141. The molecule has 0 saturated heterocycles. The van der Waals surface area contributed by atoms with Crippen LogP contribution in [0.3, 0.4) is 0 Å². The molecule has 17 heavy (non-hydrogen) atoms. The maximum absolute atomic E-state index is 12.0. The van der Waals surface area contributed by atoms with Crippen molar-refractivity contribution in [1.29, 1.82) is 0 Å². The Morgan fingerprint density at radius 3 is 1.94 bits per heavy atom. The van der Waals surface area contributed by atoms with Gasteiger partial charge in [-0.1, -0.05) is 52.9 Å². The molecule has 0 spiro atoms. The summed E-state index contributed by atoms with van der Waals surface area (Å²) in [7, 11) is 0. The van der Waals surface area contributed by atoms with Crippen LogP contribution in [-0.2, 0) is 9.59 Å². The number of carbonyl (C=O) groups is 2. The number of carbonyl (C=O) groups excluding carboxylic acids is 2. The largest absolute Gasteiger partial charge is 0.299 e. The number of rotatable bonds is 11. The number of Topliss-reactive ketones (excluding diaryl/α,β-unsaturated/α-hetero) is 2. The lowest BCUT2D eigenvalue weighted by molar-refractivity contribution is -0.133. The van der Waals surface area contributed by atoms with E-state index in [9.17, 15) is 9.59 Å². The Balaban J connectivity index is 4.15. The molecule has 0 aromatic rings. The lowest BCUT2D eigenvalue weighted by atomic mass is 9.89. The van der Waals surface area contributed by atoms with E-state index in [-0.39, 0.29) is 17.5 Å². The Morgan fingerprint density at radius 2 is 1.41 bits per heavy atom. The SMILES string of the molecule is CCCCCC(=O)C(CCCCC)C(=O)CC. The fourth-order valence-electron chi connectivity index (χ4n) is 2.07. The summed E-state index contributed by atoms with van der Waals surface area (Å²) in [6.45, 7) is 6.12. The van der Waals surface area contributed by atoms with Crippen LogP contribution in [0.2, 0.25) is 0 Å². The third kappa shape index (κ3) is 7.30. The van der Waals surface area contributed by atoms with Gasteiger partial charge in [0.05, 0.1) is 5.92 Å². The van der Waals surface area contributed by atoms with E-state index in [0.29, 0.717) is 12.8 Å². The fourth-order valence-corrected chi connectivity index (χ4v) is 2.07. The second-order valence-electron chi connectivity index (χ2n) is 4.79. The molecule has 0 N–H and O–H groups in total. The first kappa shape index (κ1) is 16.3. The summed E-state index contributed by atoms with van der Waals surface area (Å²) in [4.78, 5) is 23.8. The molecule has 0 fully saturated rings. The molecule has 100 valence electrons. The average molecular weight is 240 g/mol. The van der Waals surface area contributed by atoms with E-state index in [1.54, 1.807) is 0 Å². The second-order valence-corrected chi connectivity index (χ2v) is 4.79. The topological polar surface area (TPSA) is 34.1 Å². The minimum atomic E-state index is -0.302. The first-order valence-electron chi connectivity index (χ1n) is 7.22. The highest BCUT2D eigenvalue weighted by Gasteiger charge is 2.23. The third-order valence-electron chi connectivity index (χ3n) is 3.25. The summed E-state index contributed by atoms with van der Waals surface area (Å²) >= 11 is 0. The van der Waals surface area contributed by atoms with Gasteiger partial charge in [-0.2, -0.15) is 0 Å². The summed E-state index contributed by atoms with van der Waals surface area (Å²) in [6.07, 6.45) is 8.28. The molecular formula is C15H28O2.